The summed E-state index contributed by atoms with van der Waals surface area (Å²) < 4.78 is 21.4. The summed E-state index contributed by atoms with van der Waals surface area (Å²) in [5.41, 5.74) is 0. The number of methoxy groups -OCH3 is 2. The Balaban J connectivity index is 2.03. The van der Waals surface area contributed by atoms with Crippen molar-refractivity contribution in [1.29, 1.82) is 0 Å². The minimum atomic E-state index is -0.175. The lowest BCUT2D eigenvalue weighted by Crippen LogP contribution is -2.43. The molecule has 0 aromatic heterocycles. The van der Waals surface area contributed by atoms with E-state index in [2.05, 4.69) is 0 Å². The van der Waals surface area contributed by atoms with Crippen LogP contribution >= 0.6 is 0 Å². The third-order valence-electron chi connectivity index (χ3n) is 2.52. The maximum atomic E-state index is 5.53. The van der Waals surface area contributed by atoms with Crippen molar-refractivity contribution in [3.63, 3.8) is 0 Å². The Morgan fingerprint density at radius 1 is 1.17 bits per heavy atom. The molecule has 0 amide bonds. The summed E-state index contributed by atoms with van der Waals surface area (Å²) in [6, 6.07) is 0. The van der Waals surface area contributed by atoms with Crippen LogP contribution in [0.1, 0.15) is 6.42 Å². The minimum absolute atomic E-state index is 0.0219. The first-order valence-corrected chi connectivity index (χ1v) is 4.18. The molecule has 0 aliphatic carbocycles. The number of fused-ring (bicyclic) bond motifs is 2. The molecule has 0 saturated carbocycles. The molecule has 12 heavy (non-hydrogen) atoms. The molecule has 2 heterocycles. The zero-order chi connectivity index (χ0) is 8.55. The van der Waals surface area contributed by atoms with E-state index in [-0.39, 0.29) is 24.6 Å². The summed E-state index contributed by atoms with van der Waals surface area (Å²) in [4.78, 5) is 0. The highest BCUT2D eigenvalue weighted by atomic mass is 16.7. The lowest BCUT2D eigenvalue weighted by Gasteiger charge is -2.31. The smallest absolute Gasteiger partial charge is 0.184 e. The monoisotopic (exact) mass is 174 g/mol. The van der Waals surface area contributed by atoms with Gasteiger partial charge in [0.2, 0.25) is 0 Å². The van der Waals surface area contributed by atoms with Gasteiger partial charge < -0.3 is 18.9 Å². The zero-order valence-electron chi connectivity index (χ0n) is 7.36. The van der Waals surface area contributed by atoms with Gasteiger partial charge in [-0.2, -0.15) is 0 Å². The molecule has 70 valence electrons. The Kier molecular flexibility index (Phi) is 2.32. The Morgan fingerprint density at radius 2 is 1.92 bits per heavy atom. The van der Waals surface area contributed by atoms with E-state index in [0.29, 0.717) is 6.61 Å². The van der Waals surface area contributed by atoms with Gasteiger partial charge in [0.05, 0.1) is 12.7 Å². The molecule has 0 radical (unpaired) electrons. The molecule has 4 heteroatoms. The molecule has 2 rings (SSSR count). The van der Waals surface area contributed by atoms with Gasteiger partial charge in [-0.05, 0) is 0 Å². The standard InChI is InChI=1S/C8H14O4/c1-9-5-3-6(10-2)8-11-4-7(5)12-8/h5-8H,3-4H2,1-2H3/t5-,6+,7+,8+/m0/s1. The van der Waals surface area contributed by atoms with Crippen LogP contribution in [0.15, 0.2) is 0 Å². The van der Waals surface area contributed by atoms with Crippen LogP contribution in [0.2, 0.25) is 0 Å². The molecule has 0 aromatic rings. The normalized spacial score (nSPS) is 46.5. The van der Waals surface area contributed by atoms with Gasteiger partial charge in [0.15, 0.2) is 6.29 Å². The topological polar surface area (TPSA) is 36.9 Å². The fraction of sp³-hybridized carbons (Fsp3) is 1.00. The Labute approximate surface area is 71.7 Å². The predicted molar refractivity (Wildman–Crippen MR) is 40.8 cm³/mol. The quantitative estimate of drug-likeness (QED) is 0.597. The highest BCUT2D eigenvalue weighted by molar-refractivity contribution is 4.87. The van der Waals surface area contributed by atoms with E-state index in [1.165, 1.54) is 0 Å². The first kappa shape index (κ1) is 8.44. The van der Waals surface area contributed by atoms with Gasteiger partial charge in [0.25, 0.3) is 0 Å². The first-order valence-electron chi connectivity index (χ1n) is 4.18. The SMILES string of the molecule is CO[C@H]1C[C@@H](OC)[C@@H]2OC[C@H]1O2. The number of rotatable bonds is 2. The van der Waals surface area contributed by atoms with E-state index in [1.54, 1.807) is 14.2 Å². The Hall–Kier alpha value is -0.160. The number of ether oxygens (including phenoxy) is 4. The van der Waals surface area contributed by atoms with Crippen LogP contribution in [0, 0.1) is 0 Å². The van der Waals surface area contributed by atoms with Gasteiger partial charge in [0, 0.05) is 20.6 Å². The molecule has 4 atom stereocenters. The number of hydrogen-bond acceptors (Lipinski definition) is 4. The molecule has 2 fully saturated rings. The highest BCUT2D eigenvalue weighted by Gasteiger charge is 2.44. The van der Waals surface area contributed by atoms with E-state index >= 15 is 0 Å². The Bertz CT molecular complexity index is 145. The fourth-order valence-corrected chi connectivity index (χ4v) is 1.78. The summed E-state index contributed by atoms with van der Waals surface area (Å²) in [6.07, 6.45) is 0.933. The van der Waals surface area contributed by atoms with Crippen LogP contribution in [0.3, 0.4) is 0 Å². The van der Waals surface area contributed by atoms with Crippen molar-refractivity contribution in [2.24, 2.45) is 0 Å². The fourth-order valence-electron chi connectivity index (χ4n) is 1.78. The summed E-state index contributed by atoms with van der Waals surface area (Å²) >= 11 is 0. The highest BCUT2D eigenvalue weighted by Crippen LogP contribution is 2.30. The van der Waals surface area contributed by atoms with Crippen molar-refractivity contribution in [3.8, 4) is 0 Å². The second-order valence-corrected chi connectivity index (χ2v) is 3.16. The Morgan fingerprint density at radius 3 is 2.58 bits per heavy atom. The molecule has 2 aliphatic rings. The van der Waals surface area contributed by atoms with Crippen molar-refractivity contribution in [2.75, 3.05) is 20.8 Å². The lowest BCUT2D eigenvalue weighted by molar-refractivity contribution is -0.194. The van der Waals surface area contributed by atoms with Crippen LogP contribution < -0.4 is 0 Å². The molecular weight excluding hydrogens is 160 g/mol. The van der Waals surface area contributed by atoms with Crippen LogP contribution in [-0.2, 0) is 18.9 Å². The molecule has 0 aromatic carbocycles. The summed E-state index contributed by atoms with van der Waals surface area (Å²) in [5.74, 6) is 0. The zero-order valence-corrected chi connectivity index (χ0v) is 7.36. The summed E-state index contributed by atoms with van der Waals surface area (Å²) in [5, 5.41) is 0. The minimum Gasteiger partial charge on any atom is -0.379 e. The second-order valence-electron chi connectivity index (χ2n) is 3.16. The van der Waals surface area contributed by atoms with Gasteiger partial charge in [-0.3, -0.25) is 0 Å². The number of hydrogen-bond donors (Lipinski definition) is 0. The van der Waals surface area contributed by atoms with Gasteiger partial charge in [-0.25, -0.2) is 0 Å². The molecule has 2 aliphatic heterocycles. The lowest BCUT2D eigenvalue weighted by atomic mass is 10.0. The van der Waals surface area contributed by atoms with Gasteiger partial charge in [0.1, 0.15) is 12.2 Å². The van der Waals surface area contributed by atoms with E-state index in [4.69, 9.17) is 18.9 Å². The largest absolute Gasteiger partial charge is 0.379 e. The molecule has 2 bridgehead atoms. The third kappa shape index (κ3) is 1.25. The average molecular weight is 174 g/mol. The molecule has 0 N–H and O–H groups in total. The second kappa shape index (κ2) is 3.30. The van der Waals surface area contributed by atoms with Crippen LogP contribution in [0.5, 0.6) is 0 Å². The summed E-state index contributed by atoms with van der Waals surface area (Å²) in [6.45, 7) is 0.628. The van der Waals surface area contributed by atoms with Gasteiger partial charge in [-0.1, -0.05) is 0 Å². The van der Waals surface area contributed by atoms with Crippen LogP contribution in [-0.4, -0.2) is 45.4 Å². The van der Waals surface area contributed by atoms with E-state index in [9.17, 15) is 0 Å². The van der Waals surface area contributed by atoms with Gasteiger partial charge in [-0.15, -0.1) is 0 Å². The molecule has 0 unspecified atom stereocenters. The predicted octanol–water partition coefficient (Wildman–Crippen LogP) is 0.162. The summed E-state index contributed by atoms with van der Waals surface area (Å²) in [7, 11) is 3.36. The van der Waals surface area contributed by atoms with Gasteiger partial charge >= 0.3 is 0 Å². The molecular formula is C8H14O4. The maximum Gasteiger partial charge on any atom is 0.184 e. The van der Waals surface area contributed by atoms with E-state index in [0.717, 1.165) is 6.42 Å². The van der Waals surface area contributed by atoms with Crippen LogP contribution in [0.25, 0.3) is 0 Å². The maximum absolute atomic E-state index is 5.53. The molecule has 0 spiro atoms. The third-order valence-corrected chi connectivity index (χ3v) is 2.52. The van der Waals surface area contributed by atoms with Crippen molar-refractivity contribution in [2.45, 2.75) is 31.0 Å². The first-order chi connectivity index (χ1) is 5.85. The van der Waals surface area contributed by atoms with Crippen molar-refractivity contribution < 1.29 is 18.9 Å². The molecule has 4 nitrogen and oxygen atoms in total. The van der Waals surface area contributed by atoms with E-state index in [1.807, 2.05) is 0 Å². The van der Waals surface area contributed by atoms with Crippen molar-refractivity contribution in [3.05, 3.63) is 0 Å². The van der Waals surface area contributed by atoms with E-state index < -0.39 is 0 Å². The average Bonchev–Trinajstić information content (AvgIpc) is 2.51. The van der Waals surface area contributed by atoms with Crippen LogP contribution in [0.4, 0.5) is 0 Å². The molecule has 2 saturated heterocycles. The van der Waals surface area contributed by atoms with Crippen molar-refractivity contribution >= 4 is 0 Å². The van der Waals surface area contributed by atoms with Crippen molar-refractivity contribution in [1.82, 2.24) is 0 Å².